The second kappa shape index (κ2) is 6.01. The van der Waals surface area contributed by atoms with Crippen LogP contribution in [-0.2, 0) is 18.2 Å². The van der Waals surface area contributed by atoms with E-state index < -0.39 is 0 Å². The molecule has 2 rings (SSSR count). The van der Waals surface area contributed by atoms with E-state index in [2.05, 4.69) is 10.4 Å². The van der Waals surface area contributed by atoms with Crippen LogP contribution < -0.4 is 5.32 Å². The number of hydrogen-bond acceptors (Lipinski definition) is 3. The second-order valence-corrected chi connectivity index (χ2v) is 4.46. The average molecular weight is 223 g/mol. The molecule has 1 fully saturated rings. The van der Waals surface area contributed by atoms with Crippen LogP contribution in [0.3, 0.4) is 0 Å². The van der Waals surface area contributed by atoms with Gasteiger partial charge in [-0.2, -0.15) is 5.10 Å². The third-order valence-electron chi connectivity index (χ3n) is 3.26. The first kappa shape index (κ1) is 11.6. The van der Waals surface area contributed by atoms with Gasteiger partial charge in [0.05, 0.1) is 6.61 Å². The van der Waals surface area contributed by atoms with Crippen LogP contribution in [0.25, 0.3) is 0 Å². The van der Waals surface area contributed by atoms with Crippen molar-refractivity contribution in [3.05, 3.63) is 18.0 Å². The Labute approximate surface area is 97.0 Å². The molecule has 0 radical (unpaired) electrons. The predicted molar refractivity (Wildman–Crippen MR) is 63.3 cm³/mol. The Bertz CT molecular complexity index is 305. The smallest absolute Gasteiger partial charge is 0.0521 e. The molecule has 90 valence electrons. The van der Waals surface area contributed by atoms with Crippen LogP contribution in [0.15, 0.2) is 12.3 Å². The lowest BCUT2D eigenvalue weighted by Gasteiger charge is -2.08. The third kappa shape index (κ3) is 3.32. The van der Waals surface area contributed by atoms with Crippen LogP contribution in [0.4, 0.5) is 0 Å². The van der Waals surface area contributed by atoms with Crippen molar-refractivity contribution in [2.45, 2.75) is 19.3 Å². The molecule has 1 aromatic heterocycles. The number of ether oxygens (including phenoxy) is 1. The van der Waals surface area contributed by atoms with Gasteiger partial charge >= 0.3 is 0 Å². The predicted octanol–water partition coefficient (Wildman–Crippen LogP) is 0.979. The molecule has 0 bridgehead atoms. The van der Waals surface area contributed by atoms with Gasteiger partial charge < -0.3 is 10.1 Å². The van der Waals surface area contributed by atoms with Crippen LogP contribution in [0.5, 0.6) is 0 Å². The molecule has 0 amide bonds. The minimum absolute atomic E-state index is 0.805. The Morgan fingerprint density at radius 3 is 3.19 bits per heavy atom. The topological polar surface area (TPSA) is 39.1 Å². The van der Waals surface area contributed by atoms with E-state index in [1.54, 1.807) is 0 Å². The maximum Gasteiger partial charge on any atom is 0.0521 e. The van der Waals surface area contributed by atoms with Gasteiger partial charge in [-0.15, -0.1) is 0 Å². The summed E-state index contributed by atoms with van der Waals surface area (Å²) < 4.78 is 7.56. The maximum atomic E-state index is 5.66. The Hall–Kier alpha value is -0.870. The first-order chi connectivity index (χ1) is 7.86. The summed E-state index contributed by atoms with van der Waals surface area (Å²) in [6, 6.07) is 2.05. The molecule has 1 atom stereocenters. The lowest BCUT2D eigenvalue weighted by molar-refractivity contribution is 0.123. The first-order valence-electron chi connectivity index (χ1n) is 6.11. The molecule has 1 aromatic rings. The monoisotopic (exact) mass is 223 g/mol. The zero-order valence-electron chi connectivity index (χ0n) is 9.98. The molecule has 4 nitrogen and oxygen atoms in total. The molecule has 0 saturated carbocycles. The fourth-order valence-electron chi connectivity index (χ4n) is 2.14. The number of aryl methyl sites for hydroxylation is 1. The SMILES string of the molecule is Cn1nccc1CCOCCC1CCNC1. The van der Waals surface area contributed by atoms with Crippen molar-refractivity contribution in [1.82, 2.24) is 15.1 Å². The molecule has 0 aromatic carbocycles. The first-order valence-corrected chi connectivity index (χ1v) is 6.11. The Kier molecular flexibility index (Phi) is 4.36. The van der Waals surface area contributed by atoms with Crippen molar-refractivity contribution in [1.29, 1.82) is 0 Å². The highest BCUT2D eigenvalue weighted by atomic mass is 16.5. The van der Waals surface area contributed by atoms with Crippen molar-refractivity contribution in [3.63, 3.8) is 0 Å². The fourth-order valence-corrected chi connectivity index (χ4v) is 2.14. The van der Waals surface area contributed by atoms with Crippen LogP contribution in [0.2, 0.25) is 0 Å². The number of nitrogens with one attached hydrogen (secondary N) is 1. The molecular weight excluding hydrogens is 202 g/mol. The Morgan fingerprint density at radius 1 is 1.56 bits per heavy atom. The Morgan fingerprint density at radius 2 is 2.50 bits per heavy atom. The van der Waals surface area contributed by atoms with Gasteiger partial charge in [-0.1, -0.05) is 0 Å². The fraction of sp³-hybridized carbons (Fsp3) is 0.750. The van der Waals surface area contributed by atoms with Crippen LogP contribution >= 0.6 is 0 Å². The van der Waals surface area contributed by atoms with Crippen LogP contribution in [0, 0.1) is 5.92 Å². The van der Waals surface area contributed by atoms with Gasteiger partial charge in [0.2, 0.25) is 0 Å². The van der Waals surface area contributed by atoms with Gasteiger partial charge in [0.15, 0.2) is 0 Å². The number of nitrogens with zero attached hydrogens (tertiary/aromatic N) is 2. The third-order valence-corrected chi connectivity index (χ3v) is 3.26. The largest absolute Gasteiger partial charge is 0.381 e. The number of rotatable bonds is 6. The van der Waals surface area contributed by atoms with Crippen molar-refractivity contribution >= 4 is 0 Å². The zero-order chi connectivity index (χ0) is 11.2. The summed E-state index contributed by atoms with van der Waals surface area (Å²) in [6.07, 6.45) is 5.29. The summed E-state index contributed by atoms with van der Waals surface area (Å²) >= 11 is 0. The zero-order valence-corrected chi connectivity index (χ0v) is 9.98. The molecule has 2 heterocycles. The molecule has 1 N–H and O–H groups in total. The van der Waals surface area contributed by atoms with E-state index in [0.717, 1.165) is 25.6 Å². The van der Waals surface area contributed by atoms with Crippen molar-refractivity contribution < 1.29 is 4.74 Å². The molecular formula is C12H21N3O. The summed E-state index contributed by atoms with van der Waals surface area (Å²) in [5.74, 6) is 0.830. The van der Waals surface area contributed by atoms with E-state index in [9.17, 15) is 0 Å². The molecule has 1 aliphatic rings. The van der Waals surface area contributed by atoms with E-state index in [1.165, 1.54) is 31.6 Å². The molecule has 4 heteroatoms. The van der Waals surface area contributed by atoms with E-state index in [0.29, 0.717) is 0 Å². The minimum Gasteiger partial charge on any atom is -0.381 e. The lowest BCUT2D eigenvalue weighted by Crippen LogP contribution is -2.11. The Balaban J connectivity index is 1.53. The van der Waals surface area contributed by atoms with Crippen molar-refractivity contribution in [3.8, 4) is 0 Å². The molecule has 0 aliphatic carbocycles. The second-order valence-electron chi connectivity index (χ2n) is 4.46. The number of aromatic nitrogens is 2. The van der Waals surface area contributed by atoms with Crippen LogP contribution in [0.1, 0.15) is 18.5 Å². The summed E-state index contributed by atoms with van der Waals surface area (Å²) in [7, 11) is 1.97. The average Bonchev–Trinajstić information content (AvgIpc) is 2.90. The van der Waals surface area contributed by atoms with Crippen molar-refractivity contribution in [2.75, 3.05) is 26.3 Å². The highest BCUT2D eigenvalue weighted by Gasteiger charge is 2.13. The van der Waals surface area contributed by atoms with E-state index in [4.69, 9.17) is 4.74 Å². The van der Waals surface area contributed by atoms with Gasteiger partial charge in [-0.05, 0) is 37.9 Å². The summed E-state index contributed by atoms with van der Waals surface area (Å²) in [5, 5.41) is 7.51. The van der Waals surface area contributed by atoms with Crippen molar-refractivity contribution in [2.24, 2.45) is 13.0 Å². The summed E-state index contributed by atoms with van der Waals surface area (Å²) in [5.41, 5.74) is 1.24. The molecule has 1 unspecified atom stereocenters. The summed E-state index contributed by atoms with van der Waals surface area (Å²) in [6.45, 7) is 4.05. The van der Waals surface area contributed by atoms with E-state index in [1.807, 2.05) is 24.0 Å². The van der Waals surface area contributed by atoms with Crippen LogP contribution in [-0.4, -0.2) is 36.1 Å². The quantitative estimate of drug-likeness (QED) is 0.731. The molecule has 0 spiro atoms. The summed E-state index contributed by atoms with van der Waals surface area (Å²) in [4.78, 5) is 0. The van der Waals surface area contributed by atoms with Gasteiger partial charge in [0, 0.05) is 32.0 Å². The molecule has 1 saturated heterocycles. The van der Waals surface area contributed by atoms with E-state index in [-0.39, 0.29) is 0 Å². The van der Waals surface area contributed by atoms with Gasteiger partial charge in [0.1, 0.15) is 0 Å². The normalized spacial score (nSPS) is 20.4. The maximum absolute atomic E-state index is 5.66. The molecule has 16 heavy (non-hydrogen) atoms. The highest BCUT2D eigenvalue weighted by Crippen LogP contribution is 2.11. The lowest BCUT2D eigenvalue weighted by atomic mass is 10.1. The van der Waals surface area contributed by atoms with Gasteiger partial charge in [0.25, 0.3) is 0 Å². The van der Waals surface area contributed by atoms with E-state index >= 15 is 0 Å². The number of hydrogen-bond donors (Lipinski definition) is 1. The standard InChI is InChI=1S/C12H21N3O/c1-15-12(3-7-14-15)5-9-16-8-4-11-2-6-13-10-11/h3,7,11,13H,2,4-6,8-10H2,1H3. The highest BCUT2D eigenvalue weighted by molar-refractivity contribution is 4.99. The molecule has 1 aliphatic heterocycles. The van der Waals surface area contributed by atoms with Gasteiger partial charge in [-0.3, -0.25) is 4.68 Å². The van der Waals surface area contributed by atoms with Gasteiger partial charge in [-0.25, -0.2) is 0 Å². The minimum atomic E-state index is 0.805.